The third-order valence-electron chi connectivity index (χ3n) is 2.88. The predicted octanol–water partition coefficient (Wildman–Crippen LogP) is 1.92. The van der Waals surface area contributed by atoms with E-state index in [1.165, 1.54) is 4.90 Å². The Kier molecular flexibility index (Phi) is 7.35. The highest BCUT2D eigenvalue weighted by atomic mass is 16.5. The Balaban J connectivity index is 2.54. The predicted molar refractivity (Wildman–Crippen MR) is 75.2 cm³/mol. The van der Waals surface area contributed by atoms with Crippen LogP contribution in [0.25, 0.3) is 0 Å². The molecule has 0 atom stereocenters. The number of benzene rings is 1. The van der Waals surface area contributed by atoms with Crippen molar-refractivity contribution in [1.29, 1.82) is 0 Å². The smallest absolute Gasteiger partial charge is 0.323 e. The lowest BCUT2D eigenvalue weighted by atomic mass is 10.2. The summed E-state index contributed by atoms with van der Waals surface area (Å²) in [7, 11) is 1.62. The summed E-state index contributed by atoms with van der Waals surface area (Å²) in [6.45, 7) is 0.680. The van der Waals surface area contributed by atoms with Crippen LogP contribution in [0.3, 0.4) is 0 Å². The summed E-state index contributed by atoms with van der Waals surface area (Å²) in [5, 5.41) is 8.91. The molecule has 0 radical (unpaired) electrons. The Bertz CT molecular complexity index is 419. The fraction of sp³-hybridized carbons (Fsp3) is 0.467. The van der Waals surface area contributed by atoms with Crippen molar-refractivity contribution >= 4 is 11.9 Å². The van der Waals surface area contributed by atoms with Gasteiger partial charge >= 0.3 is 5.97 Å². The van der Waals surface area contributed by atoms with E-state index in [0.717, 1.165) is 12.0 Å². The summed E-state index contributed by atoms with van der Waals surface area (Å²) in [6.07, 6.45) is 1.86. The average molecular weight is 279 g/mol. The summed E-state index contributed by atoms with van der Waals surface area (Å²) in [4.78, 5) is 24.3. The van der Waals surface area contributed by atoms with Gasteiger partial charge in [0.15, 0.2) is 0 Å². The molecular formula is C15H21NO4. The second-order valence-corrected chi connectivity index (χ2v) is 4.58. The minimum absolute atomic E-state index is 0.132. The molecule has 5 heteroatoms. The topological polar surface area (TPSA) is 66.8 Å². The van der Waals surface area contributed by atoms with E-state index < -0.39 is 5.97 Å². The van der Waals surface area contributed by atoms with Gasteiger partial charge in [-0.3, -0.25) is 9.59 Å². The van der Waals surface area contributed by atoms with Crippen molar-refractivity contribution in [3.63, 3.8) is 0 Å². The number of nitrogens with zero attached hydrogens (tertiary/aromatic N) is 1. The molecular weight excluding hydrogens is 258 g/mol. The van der Waals surface area contributed by atoms with Crippen molar-refractivity contribution in [2.45, 2.75) is 25.8 Å². The maximum Gasteiger partial charge on any atom is 0.323 e. The van der Waals surface area contributed by atoms with E-state index >= 15 is 0 Å². The molecule has 0 spiro atoms. The lowest BCUT2D eigenvalue weighted by Gasteiger charge is -2.21. The van der Waals surface area contributed by atoms with Gasteiger partial charge in [-0.2, -0.15) is 0 Å². The SMILES string of the molecule is COCCCCC(=O)N(CC(=O)O)Cc1ccccc1. The van der Waals surface area contributed by atoms with E-state index in [4.69, 9.17) is 9.84 Å². The largest absolute Gasteiger partial charge is 0.480 e. The van der Waals surface area contributed by atoms with E-state index in [2.05, 4.69) is 0 Å². The Morgan fingerprint density at radius 2 is 1.90 bits per heavy atom. The summed E-state index contributed by atoms with van der Waals surface area (Å²) in [5.41, 5.74) is 0.930. The van der Waals surface area contributed by atoms with Crippen molar-refractivity contribution in [3.05, 3.63) is 35.9 Å². The number of ether oxygens (including phenoxy) is 1. The third-order valence-corrected chi connectivity index (χ3v) is 2.88. The lowest BCUT2D eigenvalue weighted by molar-refractivity contribution is -0.145. The quantitative estimate of drug-likeness (QED) is 0.701. The Hall–Kier alpha value is -1.88. The maximum atomic E-state index is 12.1. The van der Waals surface area contributed by atoms with Crippen LogP contribution < -0.4 is 0 Å². The fourth-order valence-electron chi connectivity index (χ4n) is 1.88. The highest BCUT2D eigenvalue weighted by molar-refractivity contribution is 5.81. The Morgan fingerprint density at radius 3 is 2.50 bits per heavy atom. The molecule has 0 unspecified atom stereocenters. The van der Waals surface area contributed by atoms with E-state index in [-0.39, 0.29) is 12.5 Å². The number of aliphatic carboxylic acids is 1. The van der Waals surface area contributed by atoms with Crippen LogP contribution in [0.1, 0.15) is 24.8 Å². The van der Waals surface area contributed by atoms with E-state index in [0.29, 0.717) is 26.0 Å². The molecule has 0 fully saturated rings. The van der Waals surface area contributed by atoms with Gasteiger partial charge in [-0.25, -0.2) is 0 Å². The first-order chi connectivity index (χ1) is 9.63. The molecule has 0 saturated heterocycles. The third kappa shape index (κ3) is 6.33. The number of carboxylic acid groups (broad SMARTS) is 1. The number of carboxylic acids is 1. The van der Waals surface area contributed by atoms with Gasteiger partial charge in [-0.1, -0.05) is 30.3 Å². The molecule has 1 N–H and O–H groups in total. The first-order valence-corrected chi connectivity index (χ1v) is 6.66. The molecule has 0 aliphatic rings. The normalized spacial score (nSPS) is 10.2. The number of hydrogen-bond acceptors (Lipinski definition) is 3. The van der Waals surface area contributed by atoms with Gasteiger partial charge in [0, 0.05) is 26.7 Å². The van der Waals surface area contributed by atoms with E-state index in [1.807, 2.05) is 30.3 Å². The van der Waals surface area contributed by atoms with Crippen molar-refractivity contribution in [2.24, 2.45) is 0 Å². The second kappa shape index (κ2) is 9.09. The number of methoxy groups -OCH3 is 1. The summed E-state index contributed by atoms with van der Waals surface area (Å²) < 4.78 is 4.93. The van der Waals surface area contributed by atoms with Crippen LogP contribution in [0.2, 0.25) is 0 Å². The van der Waals surface area contributed by atoms with Crippen molar-refractivity contribution in [3.8, 4) is 0 Å². The number of hydrogen-bond donors (Lipinski definition) is 1. The Morgan fingerprint density at radius 1 is 1.20 bits per heavy atom. The zero-order valence-electron chi connectivity index (χ0n) is 11.7. The summed E-state index contributed by atoms with van der Waals surface area (Å²) in [5.74, 6) is -1.13. The number of carbonyl (C=O) groups excluding carboxylic acids is 1. The maximum absolute atomic E-state index is 12.1. The molecule has 1 amide bonds. The van der Waals surface area contributed by atoms with Crippen LogP contribution in [0.15, 0.2) is 30.3 Å². The molecule has 0 aromatic heterocycles. The molecule has 0 saturated carbocycles. The molecule has 1 rings (SSSR count). The molecule has 0 aliphatic heterocycles. The van der Waals surface area contributed by atoms with Gasteiger partial charge in [-0.05, 0) is 18.4 Å². The van der Waals surface area contributed by atoms with Crippen LogP contribution in [0.5, 0.6) is 0 Å². The minimum atomic E-state index is -0.994. The molecule has 1 aromatic carbocycles. The number of carbonyl (C=O) groups is 2. The highest BCUT2D eigenvalue weighted by Crippen LogP contribution is 2.08. The molecule has 1 aromatic rings. The zero-order chi connectivity index (χ0) is 14.8. The van der Waals surface area contributed by atoms with Crippen molar-refractivity contribution < 1.29 is 19.4 Å². The van der Waals surface area contributed by atoms with Gasteiger partial charge in [0.2, 0.25) is 5.91 Å². The second-order valence-electron chi connectivity index (χ2n) is 4.58. The highest BCUT2D eigenvalue weighted by Gasteiger charge is 2.16. The monoisotopic (exact) mass is 279 g/mol. The number of amides is 1. The van der Waals surface area contributed by atoms with Crippen LogP contribution in [0, 0.1) is 0 Å². The standard InChI is InChI=1S/C15H21NO4/c1-20-10-6-5-9-14(17)16(12-15(18)19)11-13-7-3-2-4-8-13/h2-4,7-8H,5-6,9-12H2,1H3,(H,18,19). The fourth-order valence-corrected chi connectivity index (χ4v) is 1.88. The first-order valence-electron chi connectivity index (χ1n) is 6.66. The van der Waals surface area contributed by atoms with Gasteiger partial charge in [0.25, 0.3) is 0 Å². The zero-order valence-corrected chi connectivity index (χ0v) is 11.7. The van der Waals surface area contributed by atoms with Crippen molar-refractivity contribution in [2.75, 3.05) is 20.3 Å². The molecule has 0 aliphatic carbocycles. The minimum Gasteiger partial charge on any atom is -0.480 e. The summed E-state index contributed by atoms with van der Waals surface area (Å²) >= 11 is 0. The van der Waals surface area contributed by atoms with Gasteiger partial charge in [0.05, 0.1) is 0 Å². The van der Waals surface area contributed by atoms with Gasteiger partial charge in [-0.15, -0.1) is 0 Å². The average Bonchev–Trinajstić information content (AvgIpc) is 2.43. The van der Waals surface area contributed by atoms with Crippen LogP contribution >= 0.6 is 0 Å². The molecule has 0 heterocycles. The molecule has 20 heavy (non-hydrogen) atoms. The van der Waals surface area contributed by atoms with Gasteiger partial charge in [0.1, 0.15) is 6.54 Å². The number of unbranched alkanes of at least 4 members (excludes halogenated alkanes) is 1. The molecule has 110 valence electrons. The van der Waals surface area contributed by atoms with E-state index in [9.17, 15) is 9.59 Å². The van der Waals surface area contributed by atoms with Crippen LogP contribution in [-0.2, 0) is 20.9 Å². The molecule has 5 nitrogen and oxygen atoms in total. The van der Waals surface area contributed by atoms with Crippen LogP contribution in [-0.4, -0.2) is 42.1 Å². The Labute approximate surface area is 119 Å². The van der Waals surface area contributed by atoms with Crippen LogP contribution in [0.4, 0.5) is 0 Å². The lowest BCUT2D eigenvalue weighted by Crippen LogP contribution is -2.35. The number of rotatable bonds is 9. The van der Waals surface area contributed by atoms with Gasteiger partial charge < -0.3 is 14.7 Å². The van der Waals surface area contributed by atoms with Crippen molar-refractivity contribution in [1.82, 2.24) is 4.90 Å². The summed E-state index contributed by atoms with van der Waals surface area (Å²) in [6, 6.07) is 9.40. The molecule has 0 bridgehead atoms. The first kappa shape index (κ1) is 16.2. The van der Waals surface area contributed by atoms with E-state index in [1.54, 1.807) is 7.11 Å².